The van der Waals surface area contributed by atoms with Crippen molar-refractivity contribution in [2.24, 2.45) is 0 Å². The van der Waals surface area contributed by atoms with Gasteiger partial charge in [-0.05, 0) is 30.7 Å². The topological polar surface area (TPSA) is 29.5 Å². The first-order valence-electron chi connectivity index (χ1n) is 6.29. The van der Waals surface area contributed by atoms with Crippen molar-refractivity contribution in [1.82, 2.24) is 0 Å². The Labute approximate surface area is 112 Å². The summed E-state index contributed by atoms with van der Waals surface area (Å²) in [5.41, 5.74) is 2.97. The van der Waals surface area contributed by atoms with Crippen LogP contribution in [0.4, 0.5) is 5.69 Å². The lowest BCUT2D eigenvalue weighted by atomic mass is 10.1. The van der Waals surface area contributed by atoms with Gasteiger partial charge in [0.2, 0.25) is 5.91 Å². The number of benzene rings is 2. The van der Waals surface area contributed by atoms with Crippen LogP contribution in [0.15, 0.2) is 42.5 Å². The Balaban J connectivity index is 2.18. The Kier molecular flexibility index (Phi) is 2.75. The molecule has 3 heteroatoms. The van der Waals surface area contributed by atoms with Crippen molar-refractivity contribution in [3.8, 4) is 11.5 Å². The van der Waals surface area contributed by atoms with Crippen molar-refractivity contribution in [2.45, 2.75) is 20.4 Å². The van der Waals surface area contributed by atoms with Gasteiger partial charge < -0.3 is 9.64 Å². The lowest BCUT2D eigenvalue weighted by Gasteiger charge is -2.20. The van der Waals surface area contributed by atoms with Crippen LogP contribution >= 0.6 is 0 Å². The fraction of sp³-hybridized carbons (Fsp3) is 0.188. The number of nitrogens with zero attached hydrogens (tertiary/aromatic N) is 1. The molecule has 1 aliphatic heterocycles. The maximum Gasteiger partial charge on any atom is 0.224 e. The van der Waals surface area contributed by atoms with Gasteiger partial charge in [0.15, 0.2) is 5.75 Å². The van der Waals surface area contributed by atoms with E-state index in [4.69, 9.17) is 4.74 Å². The standard InChI is InChI=1S/C16H15NO2/c1-11-7-8-16-14(9-11)17(12(2)18)10-13-5-3-4-6-15(13)19-16/h3-9H,10H2,1-2H3. The zero-order valence-electron chi connectivity index (χ0n) is 11.0. The van der Waals surface area contributed by atoms with Gasteiger partial charge >= 0.3 is 0 Å². The molecule has 0 fully saturated rings. The quantitative estimate of drug-likeness (QED) is 0.717. The maximum atomic E-state index is 11.9. The first-order valence-corrected chi connectivity index (χ1v) is 6.29. The Hall–Kier alpha value is -2.29. The van der Waals surface area contributed by atoms with Crippen LogP contribution in [-0.4, -0.2) is 5.91 Å². The summed E-state index contributed by atoms with van der Waals surface area (Å²) in [6, 6.07) is 13.7. The number of aryl methyl sites for hydroxylation is 1. The van der Waals surface area contributed by atoms with E-state index in [1.54, 1.807) is 11.8 Å². The van der Waals surface area contributed by atoms with E-state index >= 15 is 0 Å². The van der Waals surface area contributed by atoms with Crippen molar-refractivity contribution in [3.05, 3.63) is 53.6 Å². The van der Waals surface area contributed by atoms with Crippen LogP contribution in [0.5, 0.6) is 11.5 Å². The van der Waals surface area contributed by atoms with E-state index < -0.39 is 0 Å². The lowest BCUT2D eigenvalue weighted by molar-refractivity contribution is -0.116. The number of para-hydroxylation sites is 1. The highest BCUT2D eigenvalue weighted by Gasteiger charge is 2.22. The zero-order chi connectivity index (χ0) is 13.4. The van der Waals surface area contributed by atoms with Gasteiger partial charge in [-0.3, -0.25) is 4.79 Å². The maximum absolute atomic E-state index is 11.9. The molecule has 2 aromatic rings. The SMILES string of the molecule is CC(=O)N1Cc2ccccc2Oc2ccc(C)cc21. The molecular formula is C16H15NO2. The molecule has 0 aromatic heterocycles. The molecule has 96 valence electrons. The number of amides is 1. The van der Waals surface area contributed by atoms with E-state index in [-0.39, 0.29) is 5.91 Å². The number of carbonyl (C=O) groups excluding carboxylic acids is 1. The van der Waals surface area contributed by atoms with Crippen molar-refractivity contribution in [2.75, 3.05) is 4.90 Å². The third kappa shape index (κ3) is 2.08. The largest absolute Gasteiger partial charge is 0.455 e. The molecule has 0 saturated carbocycles. The van der Waals surface area contributed by atoms with Gasteiger partial charge in [-0.25, -0.2) is 0 Å². The summed E-state index contributed by atoms with van der Waals surface area (Å²) in [5, 5.41) is 0. The summed E-state index contributed by atoms with van der Waals surface area (Å²) < 4.78 is 5.94. The Morgan fingerprint density at radius 3 is 2.74 bits per heavy atom. The number of hydrogen-bond donors (Lipinski definition) is 0. The molecule has 1 heterocycles. The zero-order valence-corrected chi connectivity index (χ0v) is 11.0. The molecule has 2 aromatic carbocycles. The summed E-state index contributed by atoms with van der Waals surface area (Å²) in [6.45, 7) is 4.14. The molecular weight excluding hydrogens is 238 g/mol. The average molecular weight is 253 g/mol. The van der Waals surface area contributed by atoms with Crippen molar-refractivity contribution >= 4 is 11.6 Å². The second kappa shape index (κ2) is 4.43. The Morgan fingerprint density at radius 1 is 1.16 bits per heavy atom. The monoisotopic (exact) mass is 253 g/mol. The number of carbonyl (C=O) groups is 1. The van der Waals surface area contributed by atoms with Crippen LogP contribution in [0.2, 0.25) is 0 Å². The van der Waals surface area contributed by atoms with Crippen LogP contribution in [0.3, 0.4) is 0 Å². The summed E-state index contributed by atoms with van der Waals surface area (Å²) in [7, 11) is 0. The van der Waals surface area contributed by atoms with Crippen LogP contribution in [0.1, 0.15) is 18.1 Å². The molecule has 0 N–H and O–H groups in total. The molecule has 0 aliphatic carbocycles. The fourth-order valence-electron chi connectivity index (χ4n) is 2.31. The van der Waals surface area contributed by atoms with Crippen molar-refractivity contribution in [3.63, 3.8) is 0 Å². The summed E-state index contributed by atoms with van der Waals surface area (Å²) in [5.74, 6) is 1.56. The minimum absolute atomic E-state index is 0.0205. The molecule has 1 amide bonds. The highest BCUT2D eigenvalue weighted by atomic mass is 16.5. The van der Waals surface area contributed by atoms with E-state index in [9.17, 15) is 4.79 Å². The van der Waals surface area contributed by atoms with Gasteiger partial charge in [0, 0.05) is 12.5 Å². The van der Waals surface area contributed by atoms with Crippen LogP contribution in [0.25, 0.3) is 0 Å². The Morgan fingerprint density at radius 2 is 1.95 bits per heavy atom. The molecule has 0 bridgehead atoms. The summed E-state index contributed by atoms with van der Waals surface area (Å²) in [4.78, 5) is 13.7. The molecule has 3 nitrogen and oxygen atoms in total. The number of ether oxygens (including phenoxy) is 1. The van der Waals surface area contributed by atoms with Gasteiger partial charge in [-0.15, -0.1) is 0 Å². The predicted molar refractivity (Wildman–Crippen MR) is 74.6 cm³/mol. The average Bonchev–Trinajstić information content (AvgIpc) is 2.55. The molecule has 0 spiro atoms. The van der Waals surface area contributed by atoms with Gasteiger partial charge in [-0.1, -0.05) is 24.3 Å². The summed E-state index contributed by atoms with van der Waals surface area (Å²) in [6.07, 6.45) is 0. The molecule has 1 aliphatic rings. The molecule has 19 heavy (non-hydrogen) atoms. The molecule has 0 radical (unpaired) electrons. The highest BCUT2D eigenvalue weighted by molar-refractivity contribution is 5.93. The second-order valence-electron chi connectivity index (χ2n) is 4.79. The number of hydrogen-bond acceptors (Lipinski definition) is 2. The first-order chi connectivity index (χ1) is 9.15. The van der Waals surface area contributed by atoms with Crippen LogP contribution in [0, 0.1) is 6.92 Å². The van der Waals surface area contributed by atoms with Gasteiger partial charge in [0.25, 0.3) is 0 Å². The highest BCUT2D eigenvalue weighted by Crippen LogP contribution is 2.39. The van der Waals surface area contributed by atoms with Gasteiger partial charge in [-0.2, -0.15) is 0 Å². The minimum Gasteiger partial charge on any atom is -0.455 e. The lowest BCUT2D eigenvalue weighted by Crippen LogP contribution is -2.27. The smallest absolute Gasteiger partial charge is 0.224 e. The van der Waals surface area contributed by atoms with Gasteiger partial charge in [0.1, 0.15) is 5.75 Å². The number of fused-ring (bicyclic) bond motifs is 2. The number of anilines is 1. The third-order valence-corrected chi connectivity index (χ3v) is 3.31. The minimum atomic E-state index is 0.0205. The molecule has 0 saturated heterocycles. The van der Waals surface area contributed by atoms with E-state index in [1.807, 2.05) is 49.4 Å². The van der Waals surface area contributed by atoms with E-state index in [1.165, 1.54) is 0 Å². The summed E-state index contributed by atoms with van der Waals surface area (Å²) >= 11 is 0. The number of rotatable bonds is 0. The Bertz CT molecular complexity index is 649. The van der Waals surface area contributed by atoms with Crippen molar-refractivity contribution < 1.29 is 9.53 Å². The van der Waals surface area contributed by atoms with E-state index in [0.717, 1.165) is 28.3 Å². The third-order valence-electron chi connectivity index (χ3n) is 3.31. The van der Waals surface area contributed by atoms with E-state index in [0.29, 0.717) is 6.54 Å². The second-order valence-corrected chi connectivity index (χ2v) is 4.79. The van der Waals surface area contributed by atoms with Gasteiger partial charge in [0.05, 0.1) is 12.2 Å². The van der Waals surface area contributed by atoms with E-state index in [2.05, 4.69) is 0 Å². The molecule has 3 rings (SSSR count). The molecule has 0 atom stereocenters. The van der Waals surface area contributed by atoms with Crippen molar-refractivity contribution in [1.29, 1.82) is 0 Å². The van der Waals surface area contributed by atoms with Crippen LogP contribution < -0.4 is 9.64 Å². The first kappa shape index (κ1) is 11.8. The predicted octanol–water partition coefficient (Wildman–Crippen LogP) is 3.65. The van der Waals surface area contributed by atoms with Crippen LogP contribution in [-0.2, 0) is 11.3 Å². The molecule has 0 unspecified atom stereocenters. The normalized spacial score (nSPS) is 13.1. The fourth-order valence-corrected chi connectivity index (χ4v) is 2.31.